The first-order chi connectivity index (χ1) is 10.8. The van der Waals surface area contributed by atoms with Crippen molar-refractivity contribution >= 4 is 28.1 Å². The molecule has 0 aliphatic heterocycles. The molecular formula is C14H13F3N2O3S. The lowest BCUT2D eigenvalue weighted by Crippen LogP contribution is -2.17. The average Bonchev–Trinajstić information content (AvgIpc) is 2.96. The number of hydrogen-bond acceptors (Lipinski definition) is 6. The van der Waals surface area contributed by atoms with Crippen molar-refractivity contribution in [1.82, 2.24) is 4.98 Å². The first-order valence-corrected chi connectivity index (χ1v) is 7.40. The Hall–Kier alpha value is -2.29. The summed E-state index contributed by atoms with van der Waals surface area (Å²) in [5.41, 5.74) is 0.792. The molecule has 2 aromatic rings. The first kappa shape index (κ1) is 17.1. The summed E-state index contributed by atoms with van der Waals surface area (Å²) in [5.74, 6) is -0.821. The molecule has 124 valence electrons. The van der Waals surface area contributed by atoms with Crippen LogP contribution in [0.2, 0.25) is 0 Å². The van der Waals surface area contributed by atoms with Crippen LogP contribution in [0.4, 0.5) is 24.0 Å². The van der Waals surface area contributed by atoms with Gasteiger partial charge in [-0.25, -0.2) is 9.78 Å². The molecule has 1 aromatic carbocycles. The van der Waals surface area contributed by atoms with Gasteiger partial charge in [-0.3, -0.25) is 0 Å². The van der Waals surface area contributed by atoms with Crippen LogP contribution in [0.15, 0.2) is 29.6 Å². The van der Waals surface area contributed by atoms with E-state index in [0.29, 0.717) is 10.8 Å². The highest BCUT2D eigenvalue weighted by molar-refractivity contribution is 7.14. The third kappa shape index (κ3) is 4.59. The molecule has 1 heterocycles. The van der Waals surface area contributed by atoms with Crippen LogP contribution in [0.3, 0.4) is 0 Å². The molecule has 2 rings (SSSR count). The molecule has 0 aliphatic carbocycles. The molecule has 5 nitrogen and oxygen atoms in total. The Balaban J connectivity index is 2.11. The summed E-state index contributed by atoms with van der Waals surface area (Å²) in [7, 11) is 1.69. The van der Waals surface area contributed by atoms with E-state index in [1.165, 1.54) is 35.6 Å². The fourth-order valence-corrected chi connectivity index (χ4v) is 2.48. The van der Waals surface area contributed by atoms with E-state index in [0.717, 1.165) is 0 Å². The van der Waals surface area contributed by atoms with Crippen molar-refractivity contribution in [1.29, 1.82) is 0 Å². The molecule has 0 spiro atoms. The zero-order valence-corrected chi connectivity index (χ0v) is 13.1. The fourth-order valence-electron chi connectivity index (χ4n) is 1.70. The minimum Gasteiger partial charge on any atom is -0.461 e. The molecule has 0 unspecified atom stereocenters. The Kier molecular flexibility index (Phi) is 5.09. The number of carbonyl (C=O) groups excluding carboxylic acids is 1. The second-order valence-electron chi connectivity index (χ2n) is 4.34. The Labute approximate surface area is 134 Å². The van der Waals surface area contributed by atoms with E-state index in [9.17, 15) is 18.0 Å². The van der Waals surface area contributed by atoms with E-state index in [4.69, 9.17) is 4.74 Å². The summed E-state index contributed by atoms with van der Waals surface area (Å²) in [4.78, 5) is 17.4. The molecule has 0 amide bonds. The lowest BCUT2D eigenvalue weighted by atomic mass is 10.3. The molecule has 0 saturated carbocycles. The summed E-state index contributed by atoms with van der Waals surface area (Å²) < 4.78 is 45.0. The van der Waals surface area contributed by atoms with E-state index in [2.05, 4.69) is 9.72 Å². The quantitative estimate of drug-likeness (QED) is 0.767. The SMILES string of the molecule is CCOC(=O)c1csc(N(C)c2ccc(OC(F)(F)F)cc2)n1. The molecular weight excluding hydrogens is 333 g/mol. The van der Waals surface area contributed by atoms with E-state index in [1.54, 1.807) is 24.3 Å². The van der Waals surface area contributed by atoms with Gasteiger partial charge in [0.1, 0.15) is 5.75 Å². The van der Waals surface area contributed by atoms with Gasteiger partial charge in [0.25, 0.3) is 0 Å². The van der Waals surface area contributed by atoms with Gasteiger partial charge in [-0.15, -0.1) is 24.5 Å². The van der Waals surface area contributed by atoms with Crippen LogP contribution in [0.25, 0.3) is 0 Å². The largest absolute Gasteiger partial charge is 0.573 e. The van der Waals surface area contributed by atoms with Crippen molar-refractivity contribution in [3.63, 3.8) is 0 Å². The van der Waals surface area contributed by atoms with E-state index in [-0.39, 0.29) is 18.1 Å². The van der Waals surface area contributed by atoms with Crippen LogP contribution in [0.5, 0.6) is 5.75 Å². The summed E-state index contributed by atoms with van der Waals surface area (Å²) in [6.07, 6.45) is -4.72. The maximum absolute atomic E-state index is 12.1. The number of ether oxygens (including phenoxy) is 2. The monoisotopic (exact) mass is 346 g/mol. The van der Waals surface area contributed by atoms with Gasteiger partial charge in [0.2, 0.25) is 0 Å². The smallest absolute Gasteiger partial charge is 0.461 e. The van der Waals surface area contributed by atoms with Gasteiger partial charge in [-0.2, -0.15) is 0 Å². The molecule has 1 aromatic heterocycles. The molecule has 0 saturated heterocycles. The van der Waals surface area contributed by atoms with Crippen molar-refractivity contribution in [3.05, 3.63) is 35.3 Å². The lowest BCUT2D eigenvalue weighted by molar-refractivity contribution is -0.274. The molecule has 23 heavy (non-hydrogen) atoms. The second-order valence-corrected chi connectivity index (χ2v) is 5.17. The number of thiazole rings is 1. The van der Waals surface area contributed by atoms with Gasteiger partial charge in [0.05, 0.1) is 6.61 Å². The number of halogens is 3. The van der Waals surface area contributed by atoms with Crippen molar-refractivity contribution in [3.8, 4) is 5.75 Å². The molecule has 0 bridgehead atoms. The molecule has 0 N–H and O–H groups in total. The number of aromatic nitrogens is 1. The topological polar surface area (TPSA) is 51.7 Å². The van der Waals surface area contributed by atoms with Crippen molar-refractivity contribution < 1.29 is 27.4 Å². The number of carbonyl (C=O) groups is 1. The number of rotatable bonds is 5. The third-order valence-electron chi connectivity index (χ3n) is 2.72. The van der Waals surface area contributed by atoms with Gasteiger partial charge in [0, 0.05) is 18.1 Å². The van der Waals surface area contributed by atoms with Gasteiger partial charge < -0.3 is 14.4 Å². The highest BCUT2D eigenvalue weighted by Gasteiger charge is 2.31. The first-order valence-electron chi connectivity index (χ1n) is 6.52. The predicted octanol–water partition coefficient (Wildman–Crippen LogP) is 3.99. The van der Waals surface area contributed by atoms with Crippen molar-refractivity contribution in [2.75, 3.05) is 18.6 Å². The van der Waals surface area contributed by atoms with Crippen LogP contribution in [-0.2, 0) is 4.74 Å². The van der Waals surface area contributed by atoms with Crippen LogP contribution < -0.4 is 9.64 Å². The van der Waals surface area contributed by atoms with Gasteiger partial charge >= 0.3 is 12.3 Å². The number of esters is 1. The Bertz CT molecular complexity index is 671. The van der Waals surface area contributed by atoms with Crippen molar-refractivity contribution in [2.45, 2.75) is 13.3 Å². The molecule has 0 radical (unpaired) electrons. The standard InChI is InChI=1S/C14H13F3N2O3S/c1-3-21-12(20)11-8-23-13(18-11)19(2)9-4-6-10(7-5-9)22-14(15,16)17/h4-8H,3H2,1-2H3. The van der Waals surface area contributed by atoms with E-state index in [1.807, 2.05) is 0 Å². The lowest BCUT2D eigenvalue weighted by Gasteiger charge is -2.16. The maximum atomic E-state index is 12.1. The Morgan fingerprint density at radius 3 is 2.52 bits per heavy atom. The van der Waals surface area contributed by atoms with Gasteiger partial charge in [-0.1, -0.05) is 0 Å². The normalized spacial score (nSPS) is 11.2. The predicted molar refractivity (Wildman–Crippen MR) is 79.3 cm³/mol. The zero-order chi connectivity index (χ0) is 17.0. The second kappa shape index (κ2) is 6.86. The number of anilines is 2. The minimum atomic E-state index is -4.72. The molecule has 0 fully saturated rings. The average molecular weight is 346 g/mol. The van der Waals surface area contributed by atoms with Gasteiger partial charge in [-0.05, 0) is 31.2 Å². The van der Waals surface area contributed by atoms with Crippen LogP contribution >= 0.6 is 11.3 Å². The fraction of sp³-hybridized carbons (Fsp3) is 0.286. The highest BCUT2D eigenvalue weighted by atomic mass is 32.1. The van der Waals surface area contributed by atoms with Crippen LogP contribution in [-0.4, -0.2) is 31.0 Å². The third-order valence-corrected chi connectivity index (χ3v) is 3.64. The highest BCUT2D eigenvalue weighted by Crippen LogP contribution is 2.30. The summed E-state index contributed by atoms with van der Waals surface area (Å²) in [5, 5.41) is 2.07. The zero-order valence-electron chi connectivity index (χ0n) is 12.3. The molecule has 9 heteroatoms. The number of nitrogens with zero attached hydrogens (tertiary/aromatic N) is 2. The van der Waals surface area contributed by atoms with Gasteiger partial charge in [0.15, 0.2) is 10.8 Å². The van der Waals surface area contributed by atoms with E-state index < -0.39 is 12.3 Å². The number of alkyl halides is 3. The maximum Gasteiger partial charge on any atom is 0.573 e. The minimum absolute atomic E-state index is 0.190. The molecule has 0 atom stereocenters. The summed E-state index contributed by atoms with van der Waals surface area (Å²) in [6, 6.07) is 5.34. The summed E-state index contributed by atoms with van der Waals surface area (Å²) >= 11 is 1.22. The Morgan fingerprint density at radius 2 is 1.96 bits per heavy atom. The van der Waals surface area contributed by atoms with Crippen LogP contribution in [0, 0.1) is 0 Å². The number of benzene rings is 1. The molecule has 0 aliphatic rings. The van der Waals surface area contributed by atoms with E-state index >= 15 is 0 Å². The number of hydrogen-bond donors (Lipinski definition) is 0. The van der Waals surface area contributed by atoms with Crippen molar-refractivity contribution in [2.24, 2.45) is 0 Å². The summed E-state index contributed by atoms with van der Waals surface area (Å²) in [6.45, 7) is 1.95. The Morgan fingerprint density at radius 1 is 1.30 bits per heavy atom. The van der Waals surface area contributed by atoms with Crippen LogP contribution in [0.1, 0.15) is 17.4 Å².